The van der Waals surface area contributed by atoms with Gasteiger partial charge in [-0.3, -0.25) is 5.21 Å². The molecular formula is C11H17NO5. The minimum atomic E-state index is -0.711. The van der Waals surface area contributed by atoms with Crippen molar-refractivity contribution >= 4 is 11.7 Å². The Labute approximate surface area is 99.7 Å². The highest BCUT2D eigenvalue weighted by atomic mass is 16.9. The van der Waals surface area contributed by atoms with Crippen molar-refractivity contribution in [3.8, 4) is 0 Å². The highest BCUT2D eigenvalue weighted by molar-refractivity contribution is 6.35. The topological polar surface area (TPSA) is 81.8 Å². The third-order valence-electron chi connectivity index (χ3n) is 2.46. The molecule has 1 aliphatic heterocycles. The number of hydrogen-bond acceptors (Lipinski definition) is 5. The summed E-state index contributed by atoms with van der Waals surface area (Å²) in [4.78, 5) is 16.6. The molecule has 0 radical (unpaired) electrons. The number of hydrogen-bond donors (Lipinski definition) is 1. The van der Waals surface area contributed by atoms with Crippen LogP contribution < -0.4 is 0 Å². The zero-order valence-corrected chi connectivity index (χ0v) is 10.4. The quantitative estimate of drug-likeness (QED) is 0.461. The van der Waals surface area contributed by atoms with E-state index in [1.165, 1.54) is 6.92 Å². The fourth-order valence-electron chi connectivity index (χ4n) is 1.75. The minimum Gasteiger partial charge on any atom is -0.511 e. The van der Waals surface area contributed by atoms with Gasteiger partial charge in [0.05, 0.1) is 11.5 Å². The molecule has 0 fully saturated rings. The second-order valence-electron chi connectivity index (χ2n) is 4.13. The summed E-state index contributed by atoms with van der Waals surface area (Å²) in [5.74, 6) is -1.35. The lowest BCUT2D eigenvalue weighted by atomic mass is 9.89. The first-order chi connectivity index (χ1) is 7.90. The Morgan fingerprint density at radius 2 is 2.24 bits per heavy atom. The lowest BCUT2D eigenvalue weighted by Gasteiger charge is -2.14. The predicted molar refractivity (Wildman–Crippen MR) is 60.0 cm³/mol. The Morgan fingerprint density at radius 1 is 1.65 bits per heavy atom. The molecule has 0 aromatic rings. The number of aliphatic hydroxyl groups excluding tert-OH is 1. The molecule has 1 rings (SSSR count). The molecule has 1 N–H and O–H groups in total. The maximum atomic E-state index is 11.7. The van der Waals surface area contributed by atoms with Gasteiger partial charge < -0.3 is 14.7 Å². The van der Waals surface area contributed by atoms with Gasteiger partial charge in [0.2, 0.25) is 0 Å². The normalized spacial score (nSPS) is 22.8. The van der Waals surface area contributed by atoms with Gasteiger partial charge in [-0.25, -0.2) is 4.79 Å². The van der Waals surface area contributed by atoms with Crippen LogP contribution in [0.4, 0.5) is 0 Å². The van der Waals surface area contributed by atoms with Crippen LogP contribution in [0.1, 0.15) is 27.7 Å². The van der Waals surface area contributed by atoms with Crippen LogP contribution in [0, 0.1) is 17.0 Å². The maximum absolute atomic E-state index is 11.7. The molecule has 0 saturated heterocycles. The van der Waals surface area contributed by atoms with Crippen molar-refractivity contribution in [1.29, 1.82) is 0 Å². The molecule has 1 heterocycles. The van der Waals surface area contributed by atoms with E-state index in [4.69, 9.17) is 9.57 Å². The molecule has 6 heteroatoms. The molecule has 0 saturated carbocycles. The number of nitrogens with zero attached hydrogens (tertiary/aromatic N) is 1. The molecule has 1 atom stereocenters. The van der Waals surface area contributed by atoms with Crippen molar-refractivity contribution in [3.05, 3.63) is 16.7 Å². The molecule has 1 unspecified atom stereocenters. The SMILES string of the molecule is CCOC(=O)C1=[N+]([O-])O/C(=C(\C)O)C1C(C)C. The van der Waals surface area contributed by atoms with Crippen LogP contribution in [0.15, 0.2) is 11.5 Å². The summed E-state index contributed by atoms with van der Waals surface area (Å²) in [7, 11) is 0. The number of ether oxygens (including phenoxy) is 1. The Balaban J connectivity index is 3.14. The van der Waals surface area contributed by atoms with E-state index in [-0.39, 0.29) is 34.7 Å². The molecular weight excluding hydrogens is 226 g/mol. The summed E-state index contributed by atoms with van der Waals surface area (Å²) < 4.78 is 4.80. The van der Waals surface area contributed by atoms with Crippen LogP contribution >= 0.6 is 0 Å². The second-order valence-corrected chi connectivity index (χ2v) is 4.13. The van der Waals surface area contributed by atoms with Crippen LogP contribution in [0.25, 0.3) is 0 Å². The van der Waals surface area contributed by atoms with E-state index < -0.39 is 11.9 Å². The van der Waals surface area contributed by atoms with Gasteiger partial charge in [-0.05, 0) is 19.8 Å². The Kier molecular flexibility index (Phi) is 3.98. The standard InChI is InChI=1S/C11H17NO5/c1-5-16-11(14)9-8(6(2)3)10(7(4)13)17-12(9)15/h6,8,13H,5H2,1-4H3/b10-7+. The third-order valence-corrected chi connectivity index (χ3v) is 2.46. The first kappa shape index (κ1) is 13.3. The maximum Gasteiger partial charge on any atom is 0.405 e. The van der Waals surface area contributed by atoms with Gasteiger partial charge in [0.15, 0.2) is 0 Å². The molecule has 0 amide bonds. The lowest BCUT2D eigenvalue weighted by molar-refractivity contribution is -0.717. The number of rotatable bonds is 3. The fraction of sp³-hybridized carbons (Fsp3) is 0.636. The highest BCUT2D eigenvalue weighted by Gasteiger charge is 2.45. The summed E-state index contributed by atoms with van der Waals surface area (Å²) >= 11 is 0. The van der Waals surface area contributed by atoms with Crippen LogP contribution in [0.3, 0.4) is 0 Å². The van der Waals surface area contributed by atoms with Crippen LogP contribution in [0.2, 0.25) is 0 Å². The number of esters is 1. The van der Waals surface area contributed by atoms with E-state index in [0.717, 1.165) is 0 Å². The van der Waals surface area contributed by atoms with Gasteiger partial charge in [0, 0.05) is 0 Å². The Bertz CT molecular complexity index is 379. The molecule has 0 bridgehead atoms. The average Bonchev–Trinajstić information content (AvgIpc) is 2.56. The van der Waals surface area contributed by atoms with Gasteiger partial charge in [0.1, 0.15) is 17.4 Å². The summed E-state index contributed by atoms with van der Waals surface area (Å²) in [6.45, 7) is 6.90. The molecule has 0 spiro atoms. The van der Waals surface area contributed by atoms with E-state index >= 15 is 0 Å². The van der Waals surface area contributed by atoms with E-state index in [2.05, 4.69) is 0 Å². The van der Waals surface area contributed by atoms with Crippen LogP contribution in [-0.4, -0.2) is 28.3 Å². The number of carbonyl (C=O) groups excluding carboxylic acids is 1. The zero-order chi connectivity index (χ0) is 13.2. The lowest BCUT2D eigenvalue weighted by Crippen LogP contribution is -2.30. The van der Waals surface area contributed by atoms with Crippen molar-refractivity contribution in [2.75, 3.05) is 6.61 Å². The van der Waals surface area contributed by atoms with Gasteiger partial charge >= 0.3 is 11.7 Å². The van der Waals surface area contributed by atoms with Crippen LogP contribution in [0.5, 0.6) is 0 Å². The van der Waals surface area contributed by atoms with Gasteiger partial charge in [0.25, 0.3) is 0 Å². The average molecular weight is 243 g/mol. The van der Waals surface area contributed by atoms with Crippen molar-refractivity contribution in [2.24, 2.45) is 11.8 Å². The van der Waals surface area contributed by atoms with Gasteiger partial charge in [-0.1, -0.05) is 13.8 Å². The Morgan fingerprint density at radius 3 is 2.65 bits per heavy atom. The van der Waals surface area contributed by atoms with Crippen molar-refractivity contribution < 1.29 is 24.4 Å². The third kappa shape index (κ3) is 2.51. The molecule has 96 valence electrons. The Hall–Kier alpha value is -1.72. The summed E-state index contributed by atoms with van der Waals surface area (Å²) in [6, 6.07) is 0. The highest BCUT2D eigenvalue weighted by Crippen LogP contribution is 2.30. The number of carbonyl (C=O) groups is 1. The summed E-state index contributed by atoms with van der Waals surface area (Å²) in [6.07, 6.45) is 0. The minimum absolute atomic E-state index is 0.0644. The summed E-state index contributed by atoms with van der Waals surface area (Å²) in [5.41, 5.74) is -0.120. The smallest absolute Gasteiger partial charge is 0.405 e. The van der Waals surface area contributed by atoms with Crippen molar-refractivity contribution in [2.45, 2.75) is 27.7 Å². The molecule has 17 heavy (non-hydrogen) atoms. The molecule has 0 aliphatic carbocycles. The molecule has 0 aromatic heterocycles. The van der Waals surface area contributed by atoms with E-state index in [9.17, 15) is 15.1 Å². The molecule has 6 nitrogen and oxygen atoms in total. The monoisotopic (exact) mass is 243 g/mol. The number of aliphatic hydroxyl groups is 1. The largest absolute Gasteiger partial charge is 0.511 e. The van der Waals surface area contributed by atoms with Gasteiger partial charge in [-0.2, -0.15) is 0 Å². The summed E-state index contributed by atoms with van der Waals surface area (Å²) in [5, 5.41) is 21.0. The first-order valence-corrected chi connectivity index (χ1v) is 5.49. The predicted octanol–water partition coefficient (Wildman–Crippen LogP) is 1.51. The van der Waals surface area contributed by atoms with Crippen LogP contribution in [-0.2, 0) is 14.4 Å². The van der Waals surface area contributed by atoms with Gasteiger partial charge in [-0.15, -0.1) is 0 Å². The van der Waals surface area contributed by atoms with Crippen molar-refractivity contribution in [1.82, 2.24) is 0 Å². The van der Waals surface area contributed by atoms with E-state index in [1.54, 1.807) is 6.92 Å². The number of allylic oxidation sites excluding steroid dienone is 2. The van der Waals surface area contributed by atoms with E-state index in [0.29, 0.717) is 0 Å². The molecule has 1 aliphatic rings. The zero-order valence-electron chi connectivity index (χ0n) is 10.4. The van der Waals surface area contributed by atoms with Crippen molar-refractivity contribution in [3.63, 3.8) is 0 Å². The fourth-order valence-corrected chi connectivity index (χ4v) is 1.75. The molecule has 0 aromatic carbocycles. The van der Waals surface area contributed by atoms with E-state index in [1.807, 2.05) is 13.8 Å². The first-order valence-electron chi connectivity index (χ1n) is 5.49. The second kappa shape index (κ2) is 5.07.